The highest BCUT2D eigenvalue weighted by atomic mass is 35.5. The van der Waals surface area contributed by atoms with E-state index in [4.69, 9.17) is 21.8 Å². The number of rotatable bonds is 8. The lowest BCUT2D eigenvalue weighted by molar-refractivity contribution is -0.146. The largest absolute Gasteiger partial charge is 0.481 e. The summed E-state index contributed by atoms with van der Waals surface area (Å²) in [6.07, 6.45) is -1.11. The lowest BCUT2D eigenvalue weighted by Gasteiger charge is -2.29. The molecule has 0 aromatic heterocycles. The number of carbonyl (C=O) groups is 3. The first-order valence-electron chi connectivity index (χ1n) is 6.21. The summed E-state index contributed by atoms with van der Waals surface area (Å²) in [5, 5.41) is 27.6. The molecule has 1 rings (SSSR count). The SMILES string of the molecule is O=C(O)CCC(CCC(=O)O)(C(=O)O)c1ccc(Cl)cc1. The molecule has 1 aromatic rings. The Balaban J connectivity index is 3.21. The Morgan fingerprint density at radius 3 is 1.67 bits per heavy atom. The van der Waals surface area contributed by atoms with Crippen LogP contribution in [0.4, 0.5) is 0 Å². The van der Waals surface area contributed by atoms with Gasteiger partial charge in [0.1, 0.15) is 0 Å². The zero-order valence-electron chi connectivity index (χ0n) is 11.1. The van der Waals surface area contributed by atoms with Gasteiger partial charge in [-0.05, 0) is 30.5 Å². The molecule has 0 aliphatic rings. The molecule has 7 heteroatoms. The Morgan fingerprint density at radius 2 is 1.33 bits per heavy atom. The fourth-order valence-corrected chi connectivity index (χ4v) is 2.29. The quantitative estimate of drug-likeness (QED) is 0.679. The summed E-state index contributed by atoms with van der Waals surface area (Å²) in [6.45, 7) is 0. The smallest absolute Gasteiger partial charge is 0.314 e. The van der Waals surface area contributed by atoms with E-state index in [9.17, 15) is 19.5 Å². The van der Waals surface area contributed by atoms with Gasteiger partial charge in [0.25, 0.3) is 0 Å². The van der Waals surface area contributed by atoms with Gasteiger partial charge in [-0.1, -0.05) is 23.7 Å². The number of hydrogen-bond donors (Lipinski definition) is 3. The predicted molar refractivity (Wildman–Crippen MR) is 74.5 cm³/mol. The molecule has 0 aliphatic heterocycles. The molecule has 114 valence electrons. The van der Waals surface area contributed by atoms with Crippen LogP contribution in [-0.2, 0) is 19.8 Å². The zero-order chi connectivity index (χ0) is 16.0. The third-order valence-corrected chi connectivity index (χ3v) is 3.59. The first-order chi connectivity index (χ1) is 9.78. The van der Waals surface area contributed by atoms with Crippen LogP contribution in [0.5, 0.6) is 0 Å². The van der Waals surface area contributed by atoms with Crippen LogP contribution in [0.25, 0.3) is 0 Å². The van der Waals surface area contributed by atoms with Gasteiger partial charge in [-0.25, -0.2) is 0 Å². The van der Waals surface area contributed by atoms with Gasteiger partial charge < -0.3 is 15.3 Å². The Bertz CT molecular complexity index is 519. The van der Waals surface area contributed by atoms with Crippen LogP contribution in [0.2, 0.25) is 5.02 Å². The van der Waals surface area contributed by atoms with Crippen LogP contribution in [0, 0.1) is 0 Å². The first kappa shape index (κ1) is 17.0. The van der Waals surface area contributed by atoms with Crippen LogP contribution < -0.4 is 0 Å². The zero-order valence-corrected chi connectivity index (χ0v) is 11.8. The Morgan fingerprint density at radius 1 is 0.905 bits per heavy atom. The maximum absolute atomic E-state index is 11.7. The molecule has 0 atom stereocenters. The molecule has 0 fully saturated rings. The second-order valence-corrected chi connectivity index (χ2v) is 5.12. The third-order valence-electron chi connectivity index (χ3n) is 3.34. The van der Waals surface area contributed by atoms with E-state index in [0.29, 0.717) is 10.6 Å². The van der Waals surface area contributed by atoms with Crippen molar-refractivity contribution in [3.8, 4) is 0 Å². The van der Waals surface area contributed by atoms with Gasteiger partial charge in [0.2, 0.25) is 0 Å². The Labute approximate surface area is 126 Å². The molecule has 0 amide bonds. The molecular weight excluding hydrogens is 300 g/mol. The van der Waals surface area contributed by atoms with E-state index in [1.54, 1.807) is 0 Å². The van der Waals surface area contributed by atoms with Gasteiger partial charge in [-0.3, -0.25) is 14.4 Å². The summed E-state index contributed by atoms with van der Waals surface area (Å²) in [7, 11) is 0. The Kier molecular flexibility index (Phi) is 5.72. The average Bonchev–Trinajstić information content (AvgIpc) is 2.39. The summed E-state index contributed by atoms with van der Waals surface area (Å²) in [6, 6.07) is 5.96. The lowest BCUT2D eigenvalue weighted by atomic mass is 9.73. The van der Waals surface area contributed by atoms with Crippen molar-refractivity contribution in [3.63, 3.8) is 0 Å². The predicted octanol–water partition coefficient (Wildman–Crippen LogP) is 2.39. The minimum absolute atomic E-state index is 0.188. The highest BCUT2D eigenvalue weighted by Crippen LogP contribution is 2.35. The summed E-state index contributed by atoms with van der Waals surface area (Å²) in [5.41, 5.74) is -1.21. The topological polar surface area (TPSA) is 112 Å². The molecule has 1 aromatic carbocycles. The van der Waals surface area contributed by atoms with E-state index in [-0.39, 0.29) is 25.7 Å². The van der Waals surface area contributed by atoms with Gasteiger partial charge in [0.15, 0.2) is 0 Å². The molecule has 0 saturated heterocycles. The van der Waals surface area contributed by atoms with Crippen molar-refractivity contribution in [1.82, 2.24) is 0 Å². The second kappa shape index (κ2) is 7.08. The van der Waals surface area contributed by atoms with Gasteiger partial charge in [-0.15, -0.1) is 0 Å². The second-order valence-electron chi connectivity index (χ2n) is 4.68. The van der Waals surface area contributed by atoms with Crippen LogP contribution in [-0.4, -0.2) is 33.2 Å². The number of benzene rings is 1. The molecule has 0 aliphatic carbocycles. The summed E-state index contributed by atoms with van der Waals surface area (Å²) in [5.74, 6) is -3.51. The number of carboxylic acids is 3. The molecule has 0 unspecified atom stereocenters. The molecule has 21 heavy (non-hydrogen) atoms. The number of carboxylic acid groups (broad SMARTS) is 3. The lowest BCUT2D eigenvalue weighted by Crippen LogP contribution is -2.37. The highest BCUT2D eigenvalue weighted by Gasteiger charge is 2.40. The van der Waals surface area contributed by atoms with Gasteiger partial charge in [0, 0.05) is 17.9 Å². The van der Waals surface area contributed by atoms with Crippen molar-refractivity contribution in [2.75, 3.05) is 0 Å². The third kappa shape index (κ3) is 4.46. The minimum Gasteiger partial charge on any atom is -0.481 e. The molecule has 3 N–H and O–H groups in total. The average molecular weight is 315 g/mol. The number of aliphatic carboxylic acids is 3. The minimum atomic E-state index is -1.55. The van der Waals surface area contributed by atoms with Crippen LogP contribution in [0.1, 0.15) is 31.2 Å². The molecule has 0 radical (unpaired) electrons. The van der Waals surface area contributed by atoms with E-state index in [1.165, 1.54) is 24.3 Å². The number of halogens is 1. The first-order valence-corrected chi connectivity index (χ1v) is 6.59. The summed E-state index contributed by atoms with van der Waals surface area (Å²) >= 11 is 5.76. The van der Waals surface area contributed by atoms with E-state index in [1.807, 2.05) is 0 Å². The molecule has 6 nitrogen and oxygen atoms in total. The van der Waals surface area contributed by atoms with Crippen LogP contribution in [0.3, 0.4) is 0 Å². The standard InChI is InChI=1S/C14H15ClO6/c15-10-3-1-9(2-4-10)14(13(20)21,7-5-11(16)17)8-6-12(18)19/h1-4H,5-8H2,(H,16,17)(H,18,19)(H,20,21). The summed E-state index contributed by atoms with van der Waals surface area (Å²) in [4.78, 5) is 33.2. The summed E-state index contributed by atoms with van der Waals surface area (Å²) < 4.78 is 0. The highest BCUT2D eigenvalue weighted by molar-refractivity contribution is 6.30. The molecule has 0 saturated carbocycles. The maximum atomic E-state index is 11.7. The molecule has 0 spiro atoms. The Hall–Kier alpha value is -2.08. The van der Waals surface area contributed by atoms with Crippen LogP contribution in [0.15, 0.2) is 24.3 Å². The van der Waals surface area contributed by atoms with Crippen LogP contribution >= 0.6 is 11.6 Å². The van der Waals surface area contributed by atoms with Crippen molar-refractivity contribution in [1.29, 1.82) is 0 Å². The number of hydrogen-bond acceptors (Lipinski definition) is 3. The molecule has 0 heterocycles. The fraction of sp³-hybridized carbons (Fsp3) is 0.357. The normalized spacial score (nSPS) is 11.1. The van der Waals surface area contributed by atoms with Crippen molar-refractivity contribution in [2.24, 2.45) is 0 Å². The molecule has 0 bridgehead atoms. The molecular formula is C14H15ClO6. The van der Waals surface area contributed by atoms with Crippen molar-refractivity contribution >= 4 is 29.5 Å². The van der Waals surface area contributed by atoms with E-state index in [2.05, 4.69) is 0 Å². The van der Waals surface area contributed by atoms with Crippen molar-refractivity contribution < 1.29 is 29.7 Å². The van der Waals surface area contributed by atoms with E-state index in [0.717, 1.165) is 0 Å². The van der Waals surface area contributed by atoms with Gasteiger partial charge in [-0.2, -0.15) is 0 Å². The van der Waals surface area contributed by atoms with Crippen molar-refractivity contribution in [3.05, 3.63) is 34.9 Å². The van der Waals surface area contributed by atoms with Gasteiger partial charge in [0.05, 0.1) is 5.41 Å². The maximum Gasteiger partial charge on any atom is 0.314 e. The van der Waals surface area contributed by atoms with Crippen molar-refractivity contribution in [2.45, 2.75) is 31.1 Å². The van der Waals surface area contributed by atoms with Gasteiger partial charge >= 0.3 is 17.9 Å². The monoisotopic (exact) mass is 314 g/mol. The fourth-order valence-electron chi connectivity index (χ4n) is 2.16. The van der Waals surface area contributed by atoms with E-state index >= 15 is 0 Å². The van der Waals surface area contributed by atoms with E-state index < -0.39 is 23.3 Å².